The Bertz CT molecular complexity index is 480. The van der Waals surface area contributed by atoms with Crippen LogP contribution in [0.4, 0.5) is 13.2 Å². The smallest absolute Gasteiger partial charge is 0.401 e. The van der Waals surface area contributed by atoms with Crippen LogP contribution in [0.25, 0.3) is 0 Å². The average molecular weight is 304 g/mol. The highest BCUT2D eigenvalue weighted by Crippen LogP contribution is 2.28. The second-order valence-electron chi connectivity index (χ2n) is 5.42. The van der Waals surface area contributed by atoms with Gasteiger partial charge in [-0.2, -0.15) is 13.2 Å². The topological polar surface area (TPSA) is 55.7 Å². The van der Waals surface area contributed by atoms with Gasteiger partial charge in [-0.25, -0.2) is 0 Å². The summed E-state index contributed by atoms with van der Waals surface area (Å²) in [6.07, 6.45) is -3.41. The first-order valence-corrected chi connectivity index (χ1v) is 6.85. The molecule has 2 rings (SSSR count). The fraction of sp³-hybridized carbons (Fsp3) is 0.571. The van der Waals surface area contributed by atoms with Gasteiger partial charge in [-0.05, 0) is 31.5 Å². The van der Waals surface area contributed by atoms with Gasteiger partial charge in [-0.1, -0.05) is 12.1 Å². The number of nitrogens with one attached hydrogen (secondary N) is 1. The summed E-state index contributed by atoms with van der Waals surface area (Å²) in [7, 11) is 0. The minimum atomic E-state index is -4.14. The summed E-state index contributed by atoms with van der Waals surface area (Å²) in [6.45, 7) is 0.998. The molecule has 1 heterocycles. The quantitative estimate of drug-likeness (QED) is 0.729. The highest BCUT2D eigenvalue weighted by Gasteiger charge is 2.34. The summed E-state index contributed by atoms with van der Waals surface area (Å²) < 4.78 is 36.8. The molecule has 0 spiro atoms. The van der Waals surface area contributed by atoms with Crippen molar-refractivity contribution in [3.8, 4) is 11.5 Å². The van der Waals surface area contributed by atoms with Crippen molar-refractivity contribution in [3.63, 3.8) is 0 Å². The molecule has 1 aliphatic heterocycles. The van der Waals surface area contributed by atoms with Gasteiger partial charge >= 0.3 is 6.18 Å². The Hall–Kier alpha value is -1.47. The molecule has 1 atom stereocenters. The molecule has 0 bridgehead atoms. The Kier molecular flexibility index (Phi) is 4.95. The number of nitrogens with zero attached hydrogens (tertiary/aromatic N) is 1. The number of hydrogen-bond acceptors (Lipinski definition) is 4. The van der Waals surface area contributed by atoms with E-state index in [4.69, 9.17) is 0 Å². The monoisotopic (exact) mass is 304 g/mol. The number of para-hydroxylation sites is 1. The van der Waals surface area contributed by atoms with E-state index >= 15 is 0 Å². The van der Waals surface area contributed by atoms with Crippen molar-refractivity contribution < 1.29 is 23.4 Å². The predicted octanol–water partition coefficient (Wildman–Crippen LogP) is 2.07. The van der Waals surface area contributed by atoms with E-state index in [9.17, 15) is 23.4 Å². The molecule has 1 unspecified atom stereocenters. The number of phenols is 2. The van der Waals surface area contributed by atoms with E-state index in [1.165, 1.54) is 11.0 Å². The van der Waals surface area contributed by atoms with E-state index in [0.29, 0.717) is 31.7 Å². The van der Waals surface area contributed by atoms with E-state index in [1.807, 2.05) is 0 Å². The number of hydrogen-bond donors (Lipinski definition) is 3. The van der Waals surface area contributed by atoms with Crippen molar-refractivity contribution in [2.24, 2.45) is 5.92 Å². The summed E-state index contributed by atoms with van der Waals surface area (Å²) in [5.74, 6) is -0.159. The van der Waals surface area contributed by atoms with Gasteiger partial charge in [0, 0.05) is 18.7 Å². The van der Waals surface area contributed by atoms with Crippen LogP contribution in [0.5, 0.6) is 11.5 Å². The summed E-state index contributed by atoms with van der Waals surface area (Å²) in [5.41, 5.74) is 0.570. The lowest BCUT2D eigenvalue weighted by molar-refractivity contribution is -0.143. The van der Waals surface area contributed by atoms with Crippen molar-refractivity contribution in [2.45, 2.75) is 19.1 Å². The molecule has 7 heteroatoms. The summed E-state index contributed by atoms with van der Waals surface area (Å²) >= 11 is 0. The molecule has 1 saturated heterocycles. The molecule has 0 aromatic heterocycles. The molecule has 0 aliphatic carbocycles. The van der Waals surface area contributed by atoms with Gasteiger partial charge in [0.2, 0.25) is 0 Å². The molecule has 1 aromatic rings. The average Bonchev–Trinajstić information content (AvgIpc) is 2.80. The van der Waals surface area contributed by atoms with Gasteiger partial charge in [0.25, 0.3) is 0 Å². The zero-order valence-electron chi connectivity index (χ0n) is 11.5. The lowest BCUT2D eigenvalue weighted by Crippen LogP contribution is -2.33. The maximum atomic E-state index is 12.3. The minimum absolute atomic E-state index is 0.157. The van der Waals surface area contributed by atoms with E-state index in [1.54, 1.807) is 12.1 Å². The zero-order valence-corrected chi connectivity index (χ0v) is 11.5. The number of halogens is 3. The SMILES string of the molecule is Oc1cccc(CNCC2CCN(CC(F)(F)F)C2)c1O. The molecule has 1 aromatic carbocycles. The van der Waals surface area contributed by atoms with Gasteiger partial charge in [0.15, 0.2) is 11.5 Å². The van der Waals surface area contributed by atoms with Crippen LogP contribution in [0.15, 0.2) is 18.2 Å². The van der Waals surface area contributed by atoms with Crippen molar-refractivity contribution in [1.82, 2.24) is 10.2 Å². The van der Waals surface area contributed by atoms with Gasteiger partial charge in [0.1, 0.15) is 0 Å². The molecule has 118 valence electrons. The molecule has 1 fully saturated rings. The normalized spacial score (nSPS) is 20.0. The standard InChI is InChI=1S/C14H19F3N2O2/c15-14(16,17)9-19-5-4-10(8-19)6-18-7-11-2-1-3-12(20)13(11)21/h1-3,10,18,20-21H,4-9H2. The third kappa shape index (κ3) is 4.78. The first kappa shape index (κ1) is 15.9. The zero-order chi connectivity index (χ0) is 15.5. The van der Waals surface area contributed by atoms with E-state index < -0.39 is 12.7 Å². The van der Waals surface area contributed by atoms with Crippen LogP contribution in [-0.2, 0) is 6.54 Å². The van der Waals surface area contributed by atoms with Crippen molar-refractivity contribution in [3.05, 3.63) is 23.8 Å². The van der Waals surface area contributed by atoms with Gasteiger partial charge in [0.05, 0.1) is 6.54 Å². The highest BCUT2D eigenvalue weighted by atomic mass is 19.4. The molecule has 0 radical (unpaired) electrons. The van der Waals surface area contributed by atoms with Crippen LogP contribution < -0.4 is 5.32 Å². The minimum Gasteiger partial charge on any atom is -0.504 e. The molecule has 0 saturated carbocycles. The number of phenolic OH excluding ortho intramolecular Hbond substituents is 2. The number of benzene rings is 1. The van der Waals surface area contributed by atoms with Gasteiger partial charge in [-0.15, -0.1) is 0 Å². The van der Waals surface area contributed by atoms with E-state index in [0.717, 1.165) is 6.42 Å². The number of alkyl halides is 3. The first-order valence-electron chi connectivity index (χ1n) is 6.85. The Morgan fingerprint density at radius 3 is 2.76 bits per heavy atom. The van der Waals surface area contributed by atoms with Crippen LogP contribution in [0.1, 0.15) is 12.0 Å². The summed E-state index contributed by atoms with van der Waals surface area (Å²) in [6, 6.07) is 4.71. The number of aromatic hydroxyl groups is 2. The van der Waals surface area contributed by atoms with Crippen LogP contribution >= 0.6 is 0 Å². The lowest BCUT2D eigenvalue weighted by Gasteiger charge is -2.18. The highest BCUT2D eigenvalue weighted by molar-refractivity contribution is 5.44. The fourth-order valence-electron chi connectivity index (χ4n) is 2.61. The Morgan fingerprint density at radius 1 is 1.29 bits per heavy atom. The predicted molar refractivity (Wildman–Crippen MR) is 72.1 cm³/mol. The third-order valence-corrected chi connectivity index (χ3v) is 3.62. The van der Waals surface area contributed by atoms with Crippen LogP contribution in [0, 0.1) is 5.92 Å². The van der Waals surface area contributed by atoms with Crippen LogP contribution in [0.3, 0.4) is 0 Å². The van der Waals surface area contributed by atoms with Crippen LogP contribution in [-0.4, -0.2) is 47.5 Å². The molecule has 0 amide bonds. The molecule has 3 N–H and O–H groups in total. The van der Waals surface area contributed by atoms with Gasteiger partial charge in [-0.3, -0.25) is 4.90 Å². The van der Waals surface area contributed by atoms with Crippen molar-refractivity contribution in [1.29, 1.82) is 0 Å². The molecular formula is C14H19F3N2O2. The second kappa shape index (κ2) is 6.53. The van der Waals surface area contributed by atoms with E-state index in [-0.39, 0.29) is 17.4 Å². The third-order valence-electron chi connectivity index (χ3n) is 3.62. The Labute approximate surface area is 121 Å². The van der Waals surface area contributed by atoms with Gasteiger partial charge < -0.3 is 15.5 Å². The maximum Gasteiger partial charge on any atom is 0.401 e. The molecular weight excluding hydrogens is 285 g/mol. The largest absolute Gasteiger partial charge is 0.504 e. The Morgan fingerprint density at radius 2 is 2.05 bits per heavy atom. The number of rotatable bonds is 5. The fourth-order valence-corrected chi connectivity index (χ4v) is 2.61. The maximum absolute atomic E-state index is 12.3. The molecule has 21 heavy (non-hydrogen) atoms. The van der Waals surface area contributed by atoms with Crippen molar-refractivity contribution >= 4 is 0 Å². The summed E-state index contributed by atoms with van der Waals surface area (Å²) in [5, 5.41) is 22.1. The Balaban J connectivity index is 1.74. The second-order valence-corrected chi connectivity index (χ2v) is 5.42. The molecule has 1 aliphatic rings. The van der Waals surface area contributed by atoms with E-state index in [2.05, 4.69) is 5.32 Å². The first-order chi connectivity index (χ1) is 9.85. The molecule has 4 nitrogen and oxygen atoms in total. The lowest BCUT2D eigenvalue weighted by atomic mass is 10.1. The van der Waals surface area contributed by atoms with Crippen molar-refractivity contribution in [2.75, 3.05) is 26.2 Å². The summed E-state index contributed by atoms with van der Waals surface area (Å²) in [4.78, 5) is 1.41. The van der Waals surface area contributed by atoms with Crippen LogP contribution in [0.2, 0.25) is 0 Å². The number of likely N-dealkylation sites (tertiary alicyclic amines) is 1.